The Balaban J connectivity index is 1.69. The first-order valence-corrected chi connectivity index (χ1v) is 7.70. The molecule has 3 nitrogen and oxygen atoms in total. The lowest BCUT2D eigenvalue weighted by Crippen LogP contribution is -2.42. The summed E-state index contributed by atoms with van der Waals surface area (Å²) in [5.74, 6) is 0.574. The second-order valence-electron chi connectivity index (χ2n) is 6.20. The Morgan fingerprint density at radius 1 is 1.30 bits per heavy atom. The maximum Gasteiger partial charge on any atom is 0.221 e. The van der Waals surface area contributed by atoms with Gasteiger partial charge >= 0.3 is 0 Å². The highest BCUT2D eigenvalue weighted by Crippen LogP contribution is 2.29. The van der Waals surface area contributed by atoms with Crippen molar-refractivity contribution < 1.29 is 4.79 Å². The van der Waals surface area contributed by atoms with Crippen LogP contribution in [0.25, 0.3) is 0 Å². The molecule has 3 N–H and O–H groups in total. The lowest BCUT2D eigenvalue weighted by molar-refractivity contribution is -0.122. The van der Waals surface area contributed by atoms with Crippen LogP contribution >= 0.6 is 0 Å². The molecule has 1 aliphatic carbocycles. The molecule has 0 spiro atoms. The van der Waals surface area contributed by atoms with Gasteiger partial charge in [-0.25, -0.2) is 0 Å². The number of hydrogen-bond acceptors (Lipinski definition) is 2. The van der Waals surface area contributed by atoms with E-state index in [4.69, 9.17) is 5.73 Å². The molecule has 1 aromatic rings. The lowest BCUT2D eigenvalue weighted by Gasteiger charge is -2.22. The molecule has 3 heteroatoms. The van der Waals surface area contributed by atoms with E-state index < -0.39 is 0 Å². The number of rotatable bonds is 6. The number of carbonyl (C=O) groups excluding carboxylic acids is 1. The minimum Gasteiger partial charge on any atom is -0.356 e. The Morgan fingerprint density at radius 3 is 2.60 bits per heavy atom. The molecule has 1 unspecified atom stereocenters. The minimum absolute atomic E-state index is 0.106. The van der Waals surface area contributed by atoms with Crippen molar-refractivity contribution in [3.8, 4) is 0 Å². The minimum atomic E-state index is -0.241. The summed E-state index contributed by atoms with van der Waals surface area (Å²) in [4.78, 5) is 11.9. The summed E-state index contributed by atoms with van der Waals surface area (Å²) in [7, 11) is 0. The molecule has 0 heterocycles. The molecule has 0 saturated heterocycles. The first-order valence-electron chi connectivity index (χ1n) is 7.70. The molecule has 1 aliphatic rings. The summed E-state index contributed by atoms with van der Waals surface area (Å²) in [5.41, 5.74) is 7.31. The Morgan fingerprint density at radius 2 is 1.95 bits per heavy atom. The molecule has 0 aliphatic heterocycles. The standard InChI is InChI=1S/C17H26N2O/c1-14(15-7-3-2-4-8-15)9-12-19-16(20)13-17(18)10-5-6-11-17/h2-4,7-8,14H,5-6,9-13,18H2,1H3,(H,19,20). The molecule has 0 aromatic heterocycles. The van der Waals surface area contributed by atoms with Gasteiger partial charge in [-0.3, -0.25) is 4.79 Å². The zero-order valence-corrected chi connectivity index (χ0v) is 12.4. The molecule has 1 amide bonds. The van der Waals surface area contributed by atoms with Gasteiger partial charge < -0.3 is 11.1 Å². The van der Waals surface area contributed by atoms with Crippen molar-refractivity contribution in [1.29, 1.82) is 0 Å². The number of carbonyl (C=O) groups is 1. The quantitative estimate of drug-likeness (QED) is 0.838. The number of benzene rings is 1. The van der Waals surface area contributed by atoms with Crippen molar-refractivity contribution in [2.75, 3.05) is 6.54 Å². The van der Waals surface area contributed by atoms with E-state index in [0.717, 1.165) is 38.6 Å². The largest absolute Gasteiger partial charge is 0.356 e. The van der Waals surface area contributed by atoms with Gasteiger partial charge in [0.2, 0.25) is 5.91 Å². The third-order valence-electron chi connectivity index (χ3n) is 4.38. The highest BCUT2D eigenvalue weighted by molar-refractivity contribution is 5.77. The van der Waals surface area contributed by atoms with Gasteiger partial charge in [0.15, 0.2) is 0 Å². The summed E-state index contributed by atoms with van der Waals surface area (Å²) in [6.07, 6.45) is 5.74. The number of nitrogens with one attached hydrogen (secondary N) is 1. The molecule has 1 aromatic carbocycles. The first-order chi connectivity index (χ1) is 9.59. The van der Waals surface area contributed by atoms with Crippen molar-refractivity contribution in [2.45, 2.75) is 56.9 Å². The summed E-state index contributed by atoms with van der Waals surface area (Å²) < 4.78 is 0. The van der Waals surface area contributed by atoms with Crippen molar-refractivity contribution >= 4 is 5.91 Å². The predicted octanol–water partition coefficient (Wildman–Crippen LogP) is 2.96. The Labute approximate surface area is 121 Å². The summed E-state index contributed by atoms with van der Waals surface area (Å²) in [6.45, 7) is 2.92. The van der Waals surface area contributed by atoms with Crippen LogP contribution in [-0.2, 0) is 4.79 Å². The van der Waals surface area contributed by atoms with Gasteiger partial charge in [-0.1, -0.05) is 50.1 Å². The highest BCUT2D eigenvalue weighted by atomic mass is 16.1. The zero-order chi connectivity index (χ0) is 14.4. The average molecular weight is 274 g/mol. The lowest BCUT2D eigenvalue weighted by atomic mass is 9.94. The van der Waals surface area contributed by atoms with Crippen LogP contribution in [0.1, 0.15) is 56.9 Å². The molecule has 1 saturated carbocycles. The molecule has 0 bridgehead atoms. The smallest absolute Gasteiger partial charge is 0.221 e. The van der Waals surface area contributed by atoms with Crippen LogP contribution in [0.2, 0.25) is 0 Å². The predicted molar refractivity (Wildman–Crippen MR) is 82.5 cm³/mol. The van der Waals surface area contributed by atoms with Gasteiger partial charge in [-0.2, -0.15) is 0 Å². The average Bonchev–Trinajstić information content (AvgIpc) is 2.86. The van der Waals surface area contributed by atoms with Gasteiger partial charge in [0, 0.05) is 18.5 Å². The number of hydrogen-bond donors (Lipinski definition) is 2. The third kappa shape index (κ3) is 4.34. The van der Waals surface area contributed by atoms with E-state index in [2.05, 4.69) is 36.5 Å². The van der Waals surface area contributed by atoms with Crippen LogP contribution in [0.3, 0.4) is 0 Å². The van der Waals surface area contributed by atoms with E-state index in [1.54, 1.807) is 0 Å². The van der Waals surface area contributed by atoms with E-state index in [0.29, 0.717) is 12.3 Å². The van der Waals surface area contributed by atoms with E-state index in [1.165, 1.54) is 5.56 Å². The molecule has 1 fully saturated rings. The first kappa shape index (κ1) is 15.0. The van der Waals surface area contributed by atoms with E-state index >= 15 is 0 Å². The fraction of sp³-hybridized carbons (Fsp3) is 0.588. The summed E-state index contributed by atoms with van der Waals surface area (Å²) >= 11 is 0. The molecular formula is C17H26N2O. The van der Waals surface area contributed by atoms with E-state index in [9.17, 15) is 4.79 Å². The van der Waals surface area contributed by atoms with E-state index in [1.807, 2.05) is 6.07 Å². The van der Waals surface area contributed by atoms with Gasteiger partial charge in [0.05, 0.1) is 0 Å². The molecule has 20 heavy (non-hydrogen) atoms. The van der Waals surface area contributed by atoms with Crippen LogP contribution in [0.15, 0.2) is 30.3 Å². The van der Waals surface area contributed by atoms with Crippen molar-refractivity contribution in [3.05, 3.63) is 35.9 Å². The zero-order valence-electron chi connectivity index (χ0n) is 12.4. The summed E-state index contributed by atoms with van der Waals surface area (Å²) in [5, 5.41) is 3.02. The number of nitrogens with two attached hydrogens (primary N) is 1. The maximum atomic E-state index is 11.9. The van der Waals surface area contributed by atoms with Crippen LogP contribution in [0.4, 0.5) is 0 Å². The highest BCUT2D eigenvalue weighted by Gasteiger charge is 2.31. The maximum absolute atomic E-state index is 11.9. The van der Waals surface area contributed by atoms with Crippen molar-refractivity contribution in [3.63, 3.8) is 0 Å². The van der Waals surface area contributed by atoms with Crippen molar-refractivity contribution in [1.82, 2.24) is 5.32 Å². The van der Waals surface area contributed by atoms with E-state index in [-0.39, 0.29) is 11.4 Å². The topological polar surface area (TPSA) is 55.1 Å². The third-order valence-corrected chi connectivity index (χ3v) is 4.38. The van der Waals surface area contributed by atoms with Crippen molar-refractivity contribution in [2.24, 2.45) is 5.73 Å². The van der Waals surface area contributed by atoms with Gasteiger partial charge in [-0.05, 0) is 30.7 Å². The van der Waals surface area contributed by atoms with Crippen LogP contribution in [0, 0.1) is 0 Å². The molecule has 110 valence electrons. The summed E-state index contributed by atoms with van der Waals surface area (Å²) in [6, 6.07) is 10.4. The van der Waals surface area contributed by atoms with Gasteiger partial charge in [-0.15, -0.1) is 0 Å². The number of amides is 1. The monoisotopic (exact) mass is 274 g/mol. The van der Waals surface area contributed by atoms with Gasteiger partial charge in [0.1, 0.15) is 0 Å². The SMILES string of the molecule is CC(CCNC(=O)CC1(N)CCCC1)c1ccccc1. The van der Waals surface area contributed by atoms with Gasteiger partial charge in [0.25, 0.3) is 0 Å². The molecule has 1 atom stereocenters. The molecule has 2 rings (SSSR count). The normalized spacial score (nSPS) is 18.7. The molecule has 0 radical (unpaired) electrons. The Hall–Kier alpha value is -1.35. The Bertz CT molecular complexity index is 424. The van der Waals surface area contributed by atoms with Crippen LogP contribution in [0.5, 0.6) is 0 Å². The molecular weight excluding hydrogens is 248 g/mol. The van der Waals surface area contributed by atoms with Crippen LogP contribution < -0.4 is 11.1 Å². The fourth-order valence-electron chi connectivity index (χ4n) is 3.01. The van der Waals surface area contributed by atoms with Crippen LogP contribution in [-0.4, -0.2) is 18.0 Å². The second-order valence-corrected chi connectivity index (χ2v) is 6.20. The second kappa shape index (κ2) is 6.89. The Kier molecular flexibility index (Phi) is 5.18. The fourth-order valence-corrected chi connectivity index (χ4v) is 3.01.